The number of hydrogen-bond acceptors (Lipinski definition) is 4. The van der Waals surface area contributed by atoms with E-state index < -0.39 is 0 Å². The molecule has 4 nitrogen and oxygen atoms in total. The fourth-order valence-corrected chi connectivity index (χ4v) is 6.14. The van der Waals surface area contributed by atoms with Crippen LogP contribution in [0.2, 0.25) is 0 Å². The lowest BCUT2D eigenvalue weighted by atomic mass is 9.59. The predicted molar refractivity (Wildman–Crippen MR) is 201 cm³/mol. The van der Waals surface area contributed by atoms with Gasteiger partial charge in [-0.05, 0) is 46.5 Å². The molecule has 0 aliphatic rings. The van der Waals surface area contributed by atoms with Crippen LogP contribution in [0, 0.1) is 0 Å². The molecule has 0 spiro atoms. The summed E-state index contributed by atoms with van der Waals surface area (Å²) >= 11 is 0. The van der Waals surface area contributed by atoms with E-state index in [1.165, 1.54) is 0 Å². The number of fused-ring (bicyclic) bond motifs is 3. The molecule has 0 saturated heterocycles. The van der Waals surface area contributed by atoms with Gasteiger partial charge in [0.25, 0.3) is 0 Å². The van der Waals surface area contributed by atoms with Crippen molar-refractivity contribution in [2.75, 3.05) is 0 Å². The van der Waals surface area contributed by atoms with Crippen molar-refractivity contribution >= 4 is 88.5 Å². The maximum atomic E-state index is 6.42. The van der Waals surface area contributed by atoms with Gasteiger partial charge in [-0.1, -0.05) is 108 Å². The van der Waals surface area contributed by atoms with Crippen LogP contribution in [0.4, 0.5) is 0 Å². The molecule has 0 saturated carbocycles. The lowest BCUT2D eigenvalue weighted by Gasteiger charge is -2.21. The fourth-order valence-electron chi connectivity index (χ4n) is 6.14. The molecule has 0 aliphatic heterocycles. The topological polar surface area (TPSA) is 51.8 Å². The highest BCUT2D eigenvalue weighted by molar-refractivity contribution is 6.68. The second-order valence-corrected chi connectivity index (χ2v) is 11.6. The first kappa shape index (κ1) is 29.8. The molecule has 0 N–H and O–H groups in total. The van der Waals surface area contributed by atoms with Crippen LogP contribution in [-0.4, -0.2) is 54.2 Å². The molecule has 10 radical (unpaired) electrons. The van der Waals surface area contributed by atoms with E-state index in [9.17, 15) is 0 Å². The third kappa shape index (κ3) is 5.07. The smallest absolute Gasteiger partial charge is 0.164 e. The Kier molecular flexibility index (Phi) is 7.41. The predicted octanol–water partition coefficient (Wildman–Crippen LogP) is 4.08. The highest BCUT2D eigenvalue weighted by Crippen LogP contribution is 2.38. The minimum atomic E-state index is 0.163. The monoisotopic (exact) mass is 601 g/mol. The average Bonchev–Trinajstić information content (AvgIpc) is 3.52. The molecule has 212 valence electrons. The summed E-state index contributed by atoms with van der Waals surface area (Å²) in [4.78, 5) is 15.0. The molecular weight excluding hydrogens is 581 g/mol. The van der Waals surface area contributed by atoms with E-state index in [1.807, 2.05) is 97.1 Å². The number of nitrogens with zero attached hydrogens (tertiary/aromatic N) is 3. The molecule has 2 heterocycles. The largest absolute Gasteiger partial charge is 0.456 e. The van der Waals surface area contributed by atoms with Gasteiger partial charge in [-0.3, -0.25) is 0 Å². The zero-order chi connectivity index (χ0) is 32.9. The first-order valence-electron chi connectivity index (χ1n) is 15.3. The van der Waals surface area contributed by atoms with Crippen molar-refractivity contribution in [2.45, 2.75) is 0 Å². The van der Waals surface area contributed by atoms with Gasteiger partial charge in [0, 0.05) is 27.5 Å². The Morgan fingerprint density at radius 3 is 1.67 bits per heavy atom. The van der Waals surface area contributed by atoms with E-state index in [0.29, 0.717) is 28.6 Å². The lowest BCUT2D eigenvalue weighted by molar-refractivity contribution is 0.669. The Morgan fingerprint density at radius 1 is 0.396 bits per heavy atom. The second kappa shape index (κ2) is 11.9. The Hall–Kier alpha value is -5.55. The first-order chi connectivity index (χ1) is 23.4. The molecule has 0 bridgehead atoms. The van der Waals surface area contributed by atoms with E-state index in [2.05, 4.69) is 24.3 Å². The Bertz CT molecular complexity index is 2490. The lowest BCUT2D eigenvalue weighted by Crippen LogP contribution is -2.55. The van der Waals surface area contributed by atoms with E-state index in [1.54, 1.807) is 0 Å². The standard InChI is InChI=1S/C39H20B5N3O/c40-32-30(33(41)35(43)36(44)34(32)42)24-13-7-14-25(19-24)38-45-37(22-11-5-2-6-12-22)46-39(47-38)26-15-8-16-29-31(26)27-20-23(17-18-28(27)48-29)21-9-3-1-4-10-21/h1-20H. The van der Waals surface area contributed by atoms with Crippen LogP contribution in [0.3, 0.4) is 0 Å². The van der Waals surface area contributed by atoms with E-state index in [4.69, 9.17) is 58.6 Å². The van der Waals surface area contributed by atoms with Gasteiger partial charge < -0.3 is 4.42 Å². The van der Waals surface area contributed by atoms with E-state index in [0.717, 1.165) is 49.8 Å². The van der Waals surface area contributed by atoms with Crippen molar-refractivity contribution in [3.63, 3.8) is 0 Å². The van der Waals surface area contributed by atoms with Crippen molar-refractivity contribution in [2.24, 2.45) is 0 Å². The molecule has 0 fully saturated rings. The van der Waals surface area contributed by atoms with Crippen molar-refractivity contribution in [3.8, 4) is 56.4 Å². The summed E-state index contributed by atoms with van der Waals surface area (Å²) in [5.74, 6) is 1.49. The molecule has 0 aliphatic carbocycles. The zero-order valence-corrected chi connectivity index (χ0v) is 25.7. The van der Waals surface area contributed by atoms with Crippen molar-refractivity contribution in [3.05, 3.63) is 121 Å². The molecule has 0 atom stereocenters. The summed E-state index contributed by atoms with van der Waals surface area (Å²) in [6, 6.07) is 39.8. The molecule has 0 amide bonds. The van der Waals surface area contributed by atoms with Crippen LogP contribution >= 0.6 is 0 Å². The van der Waals surface area contributed by atoms with Gasteiger partial charge in [0.1, 0.15) is 50.4 Å². The SMILES string of the molecule is [B]c1c([B])c([B])c(-c2cccc(-c3nc(-c4ccccc4)nc(-c4cccc5oc6ccc(-c7ccccc7)cc6c45)n3)c2)c([B])c1[B]. The number of furan rings is 1. The third-order valence-corrected chi connectivity index (χ3v) is 8.62. The Morgan fingerprint density at radius 2 is 0.958 bits per heavy atom. The number of aromatic nitrogens is 3. The maximum absolute atomic E-state index is 6.42. The number of rotatable bonds is 5. The average molecular weight is 601 g/mol. The number of benzene rings is 6. The van der Waals surface area contributed by atoms with Crippen molar-refractivity contribution in [1.29, 1.82) is 0 Å². The highest BCUT2D eigenvalue weighted by atomic mass is 16.3. The minimum Gasteiger partial charge on any atom is -0.456 e. The van der Waals surface area contributed by atoms with E-state index in [-0.39, 0.29) is 27.3 Å². The maximum Gasteiger partial charge on any atom is 0.164 e. The summed E-state index contributed by atoms with van der Waals surface area (Å²) in [7, 11) is 31.3. The summed E-state index contributed by atoms with van der Waals surface area (Å²) in [6.45, 7) is 0. The van der Waals surface area contributed by atoms with Gasteiger partial charge >= 0.3 is 0 Å². The first-order valence-corrected chi connectivity index (χ1v) is 15.3. The van der Waals surface area contributed by atoms with Crippen LogP contribution in [0.5, 0.6) is 0 Å². The molecule has 9 heteroatoms. The summed E-state index contributed by atoms with van der Waals surface area (Å²) in [6.07, 6.45) is 0. The van der Waals surface area contributed by atoms with Gasteiger partial charge in [0.15, 0.2) is 17.5 Å². The highest BCUT2D eigenvalue weighted by Gasteiger charge is 2.19. The van der Waals surface area contributed by atoms with E-state index >= 15 is 0 Å². The van der Waals surface area contributed by atoms with Crippen LogP contribution in [0.1, 0.15) is 0 Å². The quantitative estimate of drug-likeness (QED) is 0.280. The van der Waals surface area contributed by atoms with Crippen LogP contribution in [0.25, 0.3) is 78.4 Å². The second-order valence-electron chi connectivity index (χ2n) is 11.6. The summed E-state index contributed by atoms with van der Waals surface area (Å²) in [5.41, 5.74) is 8.35. The van der Waals surface area contributed by atoms with Gasteiger partial charge in [0.05, 0.1) is 0 Å². The normalized spacial score (nSPS) is 11.3. The molecule has 8 aromatic rings. The van der Waals surface area contributed by atoms with Crippen molar-refractivity contribution < 1.29 is 4.42 Å². The minimum absolute atomic E-state index is 0.163. The molecule has 6 aromatic carbocycles. The zero-order valence-electron chi connectivity index (χ0n) is 25.7. The Labute approximate surface area is 284 Å². The molecule has 2 aromatic heterocycles. The fraction of sp³-hybridized carbons (Fsp3) is 0. The van der Waals surface area contributed by atoms with Gasteiger partial charge in [-0.2, -0.15) is 0 Å². The van der Waals surface area contributed by atoms with Gasteiger partial charge in [-0.15, -0.1) is 16.4 Å². The van der Waals surface area contributed by atoms with Crippen LogP contribution in [0.15, 0.2) is 126 Å². The van der Waals surface area contributed by atoms with Crippen molar-refractivity contribution in [1.82, 2.24) is 15.0 Å². The Balaban J connectivity index is 1.35. The summed E-state index contributed by atoms with van der Waals surface area (Å²) in [5, 5.41) is 1.89. The molecular formula is C39H20B5N3O. The van der Waals surface area contributed by atoms with Gasteiger partial charge in [-0.25, -0.2) is 15.0 Å². The number of hydrogen-bond donors (Lipinski definition) is 0. The van der Waals surface area contributed by atoms with Crippen LogP contribution in [-0.2, 0) is 0 Å². The molecule has 48 heavy (non-hydrogen) atoms. The van der Waals surface area contributed by atoms with Gasteiger partial charge in [0.2, 0.25) is 0 Å². The third-order valence-electron chi connectivity index (χ3n) is 8.62. The van der Waals surface area contributed by atoms with Crippen LogP contribution < -0.4 is 27.3 Å². The summed E-state index contributed by atoms with van der Waals surface area (Å²) < 4.78 is 6.33. The molecule has 8 rings (SSSR count). The molecule has 0 unspecified atom stereocenters.